The first-order valence-corrected chi connectivity index (χ1v) is 6.66. The Morgan fingerprint density at radius 2 is 1.65 bits per heavy atom. The third-order valence-corrected chi connectivity index (χ3v) is 3.07. The van der Waals surface area contributed by atoms with Crippen LogP contribution >= 0.6 is 0 Å². The predicted octanol–water partition coefficient (Wildman–Crippen LogP) is 3.02. The van der Waals surface area contributed by atoms with E-state index in [0.717, 1.165) is 12.5 Å². The van der Waals surface area contributed by atoms with E-state index in [4.69, 9.17) is 0 Å². The highest BCUT2D eigenvalue weighted by atomic mass is 16.3. The zero-order chi connectivity index (χ0) is 15.4. The van der Waals surface area contributed by atoms with E-state index >= 15 is 0 Å². The molecule has 0 aliphatic carbocycles. The molecule has 0 spiro atoms. The van der Waals surface area contributed by atoms with E-state index in [0.29, 0.717) is 6.42 Å². The van der Waals surface area contributed by atoms with Crippen LogP contribution in [0, 0.1) is 5.92 Å². The lowest BCUT2D eigenvalue weighted by molar-refractivity contribution is 0.0933. The number of Topliss-reactive ketones (excluding diaryl/α,β-unsaturated/α-hetero) is 2. The SMILES string of the molecule is CCCCC(=O)c1c(O)cc(O)c(C(=O)C(C)C)c1O. The Bertz CT molecular complexity index is 532. The Morgan fingerprint density at radius 1 is 1.10 bits per heavy atom. The molecule has 0 aliphatic rings. The van der Waals surface area contributed by atoms with Gasteiger partial charge in [-0.15, -0.1) is 0 Å². The fourth-order valence-corrected chi connectivity index (χ4v) is 1.91. The molecule has 0 radical (unpaired) electrons. The summed E-state index contributed by atoms with van der Waals surface area (Å²) in [7, 11) is 0. The Balaban J connectivity index is 3.36. The van der Waals surface area contributed by atoms with E-state index in [9.17, 15) is 24.9 Å². The molecule has 5 heteroatoms. The van der Waals surface area contributed by atoms with Crippen molar-refractivity contribution in [1.82, 2.24) is 0 Å². The number of hydrogen-bond donors (Lipinski definition) is 3. The number of benzene rings is 1. The number of carbonyl (C=O) groups excluding carboxylic acids is 2. The van der Waals surface area contributed by atoms with Gasteiger partial charge in [0, 0.05) is 18.4 Å². The standard InChI is InChI=1S/C15H20O5/c1-4-5-6-9(16)12-10(17)7-11(18)13(15(12)20)14(19)8(2)3/h7-8,17-18,20H,4-6H2,1-3H3. The topological polar surface area (TPSA) is 94.8 Å². The third-order valence-electron chi connectivity index (χ3n) is 3.07. The van der Waals surface area contributed by atoms with Crippen molar-refractivity contribution < 1.29 is 24.9 Å². The quantitative estimate of drug-likeness (QED) is 0.696. The van der Waals surface area contributed by atoms with Crippen LogP contribution in [-0.2, 0) is 0 Å². The summed E-state index contributed by atoms with van der Waals surface area (Å²) in [5, 5.41) is 29.5. The van der Waals surface area contributed by atoms with Crippen LogP contribution in [0.1, 0.15) is 60.7 Å². The molecule has 1 aromatic carbocycles. The van der Waals surface area contributed by atoms with Crippen LogP contribution in [0.15, 0.2) is 6.07 Å². The zero-order valence-electron chi connectivity index (χ0n) is 11.9. The van der Waals surface area contributed by atoms with Crippen LogP contribution in [0.4, 0.5) is 0 Å². The molecule has 110 valence electrons. The molecule has 0 unspecified atom stereocenters. The second-order valence-corrected chi connectivity index (χ2v) is 5.06. The van der Waals surface area contributed by atoms with E-state index in [1.807, 2.05) is 6.92 Å². The summed E-state index contributed by atoms with van der Waals surface area (Å²) in [4.78, 5) is 24.0. The van der Waals surface area contributed by atoms with Gasteiger partial charge in [-0.2, -0.15) is 0 Å². The minimum absolute atomic E-state index is 0.164. The number of ketones is 2. The Morgan fingerprint density at radius 3 is 2.15 bits per heavy atom. The lowest BCUT2D eigenvalue weighted by Crippen LogP contribution is -2.10. The summed E-state index contributed by atoms with van der Waals surface area (Å²) in [6.45, 7) is 5.15. The minimum Gasteiger partial charge on any atom is -0.507 e. The molecule has 0 saturated heterocycles. The van der Waals surface area contributed by atoms with Crippen molar-refractivity contribution in [3.63, 3.8) is 0 Å². The summed E-state index contributed by atoms with van der Waals surface area (Å²) in [5.41, 5.74) is -0.599. The summed E-state index contributed by atoms with van der Waals surface area (Å²) >= 11 is 0. The second-order valence-electron chi connectivity index (χ2n) is 5.06. The maximum atomic E-state index is 12.0. The Hall–Kier alpha value is -2.04. The van der Waals surface area contributed by atoms with E-state index in [2.05, 4.69) is 0 Å². The van der Waals surface area contributed by atoms with Crippen LogP contribution in [0.3, 0.4) is 0 Å². The molecule has 0 bridgehead atoms. The first kappa shape index (κ1) is 16.0. The molecule has 0 heterocycles. The van der Waals surface area contributed by atoms with E-state index in [1.54, 1.807) is 13.8 Å². The molecule has 0 aromatic heterocycles. The van der Waals surface area contributed by atoms with Gasteiger partial charge in [-0.25, -0.2) is 0 Å². The van der Waals surface area contributed by atoms with Gasteiger partial charge < -0.3 is 15.3 Å². The highest BCUT2D eigenvalue weighted by Crippen LogP contribution is 2.39. The molecule has 0 aliphatic heterocycles. The number of unbranched alkanes of at least 4 members (excludes halogenated alkanes) is 1. The van der Waals surface area contributed by atoms with Gasteiger partial charge in [0.05, 0.1) is 0 Å². The molecule has 1 aromatic rings. The van der Waals surface area contributed by atoms with Crippen LogP contribution in [0.2, 0.25) is 0 Å². The zero-order valence-corrected chi connectivity index (χ0v) is 11.9. The highest BCUT2D eigenvalue weighted by molar-refractivity contribution is 6.09. The van der Waals surface area contributed by atoms with E-state index in [1.165, 1.54) is 0 Å². The fraction of sp³-hybridized carbons (Fsp3) is 0.467. The molecular weight excluding hydrogens is 260 g/mol. The molecule has 3 N–H and O–H groups in total. The fourth-order valence-electron chi connectivity index (χ4n) is 1.91. The number of rotatable bonds is 6. The van der Waals surface area contributed by atoms with Crippen LogP contribution < -0.4 is 0 Å². The van der Waals surface area contributed by atoms with Gasteiger partial charge in [-0.1, -0.05) is 27.2 Å². The smallest absolute Gasteiger partial charge is 0.172 e. The monoisotopic (exact) mass is 280 g/mol. The summed E-state index contributed by atoms with van der Waals surface area (Å²) < 4.78 is 0. The average Bonchev–Trinajstić information content (AvgIpc) is 2.35. The van der Waals surface area contributed by atoms with Gasteiger partial charge in [0.1, 0.15) is 28.4 Å². The number of phenolic OH excluding ortho intramolecular Hbond substituents is 3. The molecule has 20 heavy (non-hydrogen) atoms. The summed E-state index contributed by atoms with van der Waals surface area (Å²) in [6.07, 6.45) is 1.58. The summed E-state index contributed by atoms with van der Waals surface area (Å²) in [6, 6.07) is 0.925. The van der Waals surface area contributed by atoms with Crippen LogP contribution in [-0.4, -0.2) is 26.9 Å². The number of phenols is 3. The van der Waals surface area contributed by atoms with Crippen molar-refractivity contribution in [3.05, 3.63) is 17.2 Å². The molecule has 0 amide bonds. The lowest BCUT2D eigenvalue weighted by Gasteiger charge is -2.13. The van der Waals surface area contributed by atoms with Crippen LogP contribution in [0.25, 0.3) is 0 Å². The van der Waals surface area contributed by atoms with Crippen molar-refractivity contribution in [3.8, 4) is 17.2 Å². The maximum absolute atomic E-state index is 12.0. The van der Waals surface area contributed by atoms with Gasteiger partial charge in [-0.05, 0) is 6.42 Å². The van der Waals surface area contributed by atoms with E-state index < -0.39 is 34.7 Å². The first-order valence-electron chi connectivity index (χ1n) is 6.66. The van der Waals surface area contributed by atoms with Crippen molar-refractivity contribution >= 4 is 11.6 Å². The number of hydrogen-bond acceptors (Lipinski definition) is 5. The molecular formula is C15H20O5. The Labute approximate surface area is 117 Å². The highest BCUT2D eigenvalue weighted by Gasteiger charge is 2.27. The van der Waals surface area contributed by atoms with Gasteiger partial charge in [0.2, 0.25) is 0 Å². The van der Waals surface area contributed by atoms with Gasteiger partial charge in [0.15, 0.2) is 11.6 Å². The first-order chi connectivity index (χ1) is 9.31. The predicted molar refractivity (Wildman–Crippen MR) is 74.5 cm³/mol. The van der Waals surface area contributed by atoms with Gasteiger partial charge >= 0.3 is 0 Å². The third kappa shape index (κ3) is 3.10. The molecule has 0 saturated carbocycles. The average molecular weight is 280 g/mol. The number of carbonyl (C=O) groups is 2. The molecule has 5 nitrogen and oxygen atoms in total. The van der Waals surface area contributed by atoms with Crippen LogP contribution in [0.5, 0.6) is 17.2 Å². The Kier molecular flexibility index (Phi) is 5.13. The summed E-state index contributed by atoms with van der Waals surface area (Å²) in [5.74, 6) is -3.05. The van der Waals surface area contributed by atoms with E-state index in [-0.39, 0.29) is 17.5 Å². The molecule has 0 fully saturated rings. The lowest BCUT2D eigenvalue weighted by atomic mass is 9.94. The molecule has 1 rings (SSSR count). The van der Waals surface area contributed by atoms with Crippen molar-refractivity contribution in [1.29, 1.82) is 0 Å². The van der Waals surface area contributed by atoms with Gasteiger partial charge in [0.25, 0.3) is 0 Å². The number of aromatic hydroxyl groups is 3. The normalized spacial score (nSPS) is 10.8. The van der Waals surface area contributed by atoms with Gasteiger partial charge in [-0.3, -0.25) is 9.59 Å². The van der Waals surface area contributed by atoms with Crippen molar-refractivity contribution in [2.24, 2.45) is 5.92 Å². The maximum Gasteiger partial charge on any atom is 0.172 e. The molecule has 0 atom stereocenters. The van der Waals surface area contributed by atoms with Crippen molar-refractivity contribution in [2.45, 2.75) is 40.0 Å². The van der Waals surface area contributed by atoms with Crippen molar-refractivity contribution in [2.75, 3.05) is 0 Å². The minimum atomic E-state index is -0.637. The largest absolute Gasteiger partial charge is 0.507 e. The second kappa shape index (κ2) is 6.41.